The predicted molar refractivity (Wildman–Crippen MR) is 81.8 cm³/mol. The molecule has 1 aliphatic heterocycles. The number of amides is 1. The summed E-state index contributed by atoms with van der Waals surface area (Å²) < 4.78 is 0. The van der Waals surface area contributed by atoms with Crippen molar-refractivity contribution in [1.82, 2.24) is 15.1 Å². The van der Waals surface area contributed by atoms with Gasteiger partial charge in [-0.25, -0.2) is 0 Å². The van der Waals surface area contributed by atoms with Gasteiger partial charge in [0.2, 0.25) is 0 Å². The first-order valence-corrected chi connectivity index (χ1v) is 7.43. The minimum atomic E-state index is -0.143. The van der Waals surface area contributed by atoms with Crippen LogP contribution in [-0.2, 0) is 0 Å². The molecule has 0 bridgehead atoms. The van der Waals surface area contributed by atoms with E-state index in [1.807, 2.05) is 18.2 Å². The quantitative estimate of drug-likeness (QED) is 0.851. The Labute approximate surface area is 132 Å². The number of hydrogen-bond donors (Lipinski definition) is 0. The number of carbonyl (C=O) groups excluding carboxylic acids is 1. The van der Waals surface area contributed by atoms with Crippen molar-refractivity contribution < 1.29 is 4.79 Å². The van der Waals surface area contributed by atoms with Gasteiger partial charge in [-0.05, 0) is 18.1 Å². The highest BCUT2D eigenvalue weighted by Gasteiger charge is 2.29. The van der Waals surface area contributed by atoms with E-state index in [1.165, 1.54) is 11.6 Å². The molecule has 0 aliphatic carbocycles. The second-order valence-electron chi connectivity index (χ2n) is 5.02. The maximum Gasteiger partial charge on any atom is 0.257 e. The van der Waals surface area contributed by atoms with Crippen LogP contribution in [0.15, 0.2) is 36.4 Å². The summed E-state index contributed by atoms with van der Waals surface area (Å²) in [7, 11) is 0. The molecule has 1 atom stereocenters. The summed E-state index contributed by atoms with van der Waals surface area (Å²) in [6, 6.07) is 11.7. The molecule has 21 heavy (non-hydrogen) atoms. The number of hydrogen-bond acceptors (Lipinski definition) is 3. The van der Waals surface area contributed by atoms with E-state index in [0.717, 1.165) is 6.42 Å². The fourth-order valence-corrected chi connectivity index (χ4v) is 2.94. The molecule has 4 nitrogen and oxygen atoms in total. The van der Waals surface area contributed by atoms with Crippen molar-refractivity contribution in [3.63, 3.8) is 0 Å². The maximum absolute atomic E-state index is 12.5. The number of rotatable bonds is 2. The molecule has 1 saturated heterocycles. The largest absolute Gasteiger partial charge is 0.338 e. The fourth-order valence-electron chi connectivity index (χ4n) is 2.62. The molecule has 1 aromatic heterocycles. The van der Waals surface area contributed by atoms with Gasteiger partial charge >= 0.3 is 0 Å². The summed E-state index contributed by atoms with van der Waals surface area (Å²) in [4.78, 5) is 14.3. The van der Waals surface area contributed by atoms with Crippen molar-refractivity contribution in [2.24, 2.45) is 0 Å². The third-order valence-corrected chi connectivity index (χ3v) is 4.16. The highest BCUT2D eigenvalue weighted by Crippen LogP contribution is 2.29. The Kier molecular flexibility index (Phi) is 4.08. The lowest BCUT2D eigenvalue weighted by Crippen LogP contribution is -2.29. The van der Waals surface area contributed by atoms with E-state index in [1.54, 1.807) is 4.90 Å². The predicted octanol–water partition coefficient (Wildman–Crippen LogP) is 3.41. The lowest BCUT2D eigenvalue weighted by Gasteiger charge is -2.17. The van der Waals surface area contributed by atoms with Crippen LogP contribution in [0.1, 0.15) is 28.3 Å². The first-order valence-electron chi connectivity index (χ1n) is 6.68. The van der Waals surface area contributed by atoms with Crippen LogP contribution in [0.3, 0.4) is 0 Å². The number of halogens is 2. The number of likely N-dealkylation sites (tertiary alicyclic amines) is 1. The monoisotopic (exact) mass is 321 g/mol. The van der Waals surface area contributed by atoms with Crippen molar-refractivity contribution in [2.45, 2.75) is 12.3 Å². The van der Waals surface area contributed by atoms with Crippen molar-refractivity contribution in [3.05, 3.63) is 57.8 Å². The molecule has 3 rings (SSSR count). The third-order valence-electron chi connectivity index (χ3n) is 3.70. The second-order valence-corrected chi connectivity index (χ2v) is 5.76. The van der Waals surface area contributed by atoms with Crippen LogP contribution in [-0.4, -0.2) is 34.1 Å². The molecule has 0 N–H and O–H groups in total. The molecule has 1 fully saturated rings. The minimum Gasteiger partial charge on any atom is -0.338 e. The highest BCUT2D eigenvalue weighted by atomic mass is 35.5. The SMILES string of the molecule is O=C(c1cc(Cl)nnc1Cl)N1CCC(c2ccccc2)C1. The molecule has 2 heterocycles. The summed E-state index contributed by atoms with van der Waals surface area (Å²) >= 11 is 11.7. The van der Waals surface area contributed by atoms with Gasteiger partial charge in [-0.15, -0.1) is 10.2 Å². The lowest BCUT2D eigenvalue weighted by atomic mass is 9.99. The van der Waals surface area contributed by atoms with Gasteiger partial charge in [0.25, 0.3) is 5.91 Å². The molecule has 0 spiro atoms. The van der Waals surface area contributed by atoms with Gasteiger partial charge in [0.05, 0.1) is 5.56 Å². The van der Waals surface area contributed by atoms with Crippen molar-refractivity contribution in [1.29, 1.82) is 0 Å². The van der Waals surface area contributed by atoms with Crippen LogP contribution in [0.5, 0.6) is 0 Å². The second kappa shape index (κ2) is 6.00. The van der Waals surface area contributed by atoms with E-state index < -0.39 is 0 Å². The Morgan fingerprint density at radius 1 is 1.19 bits per heavy atom. The number of benzene rings is 1. The molecule has 6 heteroatoms. The molecule has 1 aromatic carbocycles. The Bertz CT molecular complexity index is 663. The summed E-state index contributed by atoms with van der Waals surface area (Å²) in [6.45, 7) is 1.38. The Balaban J connectivity index is 1.77. The van der Waals surface area contributed by atoms with Gasteiger partial charge in [0, 0.05) is 19.0 Å². The standard InChI is InChI=1S/C15H13Cl2N3O/c16-13-8-12(14(17)19-18-13)15(21)20-7-6-11(9-20)10-4-2-1-3-5-10/h1-5,8,11H,6-7,9H2. The first-order chi connectivity index (χ1) is 10.1. The Hall–Kier alpha value is -1.65. The summed E-state index contributed by atoms with van der Waals surface area (Å²) in [5.41, 5.74) is 1.56. The van der Waals surface area contributed by atoms with Gasteiger partial charge in [0.1, 0.15) is 0 Å². The third kappa shape index (κ3) is 3.01. The summed E-state index contributed by atoms with van der Waals surface area (Å²) in [5, 5.41) is 7.57. The van der Waals surface area contributed by atoms with Crippen molar-refractivity contribution in [3.8, 4) is 0 Å². The highest BCUT2D eigenvalue weighted by molar-refractivity contribution is 6.34. The van der Waals surface area contributed by atoms with Crippen molar-refractivity contribution in [2.75, 3.05) is 13.1 Å². The van der Waals surface area contributed by atoms with Crippen LogP contribution in [0.25, 0.3) is 0 Å². The Morgan fingerprint density at radius 3 is 2.71 bits per heavy atom. The van der Waals surface area contributed by atoms with Gasteiger partial charge in [-0.1, -0.05) is 53.5 Å². The van der Waals surface area contributed by atoms with Crippen LogP contribution in [0.2, 0.25) is 10.3 Å². The Morgan fingerprint density at radius 2 is 1.95 bits per heavy atom. The summed E-state index contributed by atoms with van der Waals surface area (Å²) in [6.07, 6.45) is 0.944. The average Bonchev–Trinajstić information content (AvgIpc) is 3.00. The normalized spacial score (nSPS) is 18.0. The molecule has 1 unspecified atom stereocenters. The lowest BCUT2D eigenvalue weighted by molar-refractivity contribution is 0.0790. The molecule has 108 valence electrons. The van der Waals surface area contributed by atoms with E-state index in [4.69, 9.17) is 23.2 Å². The van der Waals surface area contributed by atoms with E-state index in [0.29, 0.717) is 24.6 Å². The first kappa shape index (κ1) is 14.3. The smallest absolute Gasteiger partial charge is 0.257 e. The average molecular weight is 322 g/mol. The zero-order valence-corrected chi connectivity index (χ0v) is 12.7. The topological polar surface area (TPSA) is 46.1 Å². The van der Waals surface area contributed by atoms with Gasteiger partial charge in [-0.2, -0.15) is 0 Å². The van der Waals surface area contributed by atoms with Crippen LogP contribution >= 0.6 is 23.2 Å². The maximum atomic E-state index is 12.5. The van der Waals surface area contributed by atoms with Gasteiger partial charge in [0.15, 0.2) is 10.3 Å². The molecule has 1 amide bonds. The van der Waals surface area contributed by atoms with E-state index in [-0.39, 0.29) is 16.2 Å². The van der Waals surface area contributed by atoms with Crippen LogP contribution < -0.4 is 0 Å². The molecule has 0 saturated carbocycles. The molecular formula is C15H13Cl2N3O. The summed E-state index contributed by atoms with van der Waals surface area (Å²) in [5.74, 6) is 0.217. The van der Waals surface area contributed by atoms with Gasteiger partial charge < -0.3 is 4.90 Å². The van der Waals surface area contributed by atoms with E-state index in [9.17, 15) is 4.79 Å². The zero-order chi connectivity index (χ0) is 14.8. The van der Waals surface area contributed by atoms with Crippen molar-refractivity contribution >= 4 is 29.1 Å². The van der Waals surface area contributed by atoms with Gasteiger partial charge in [-0.3, -0.25) is 4.79 Å². The van der Waals surface area contributed by atoms with Crippen LogP contribution in [0.4, 0.5) is 0 Å². The minimum absolute atomic E-state index is 0.0903. The molecular weight excluding hydrogens is 309 g/mol. The van der Waals surface area contributed by atoms with E-state index in [2.05, 4.69) is 22.3 Å². The van der Waals surface area contributed by atoms with Crippen LogP contribution in [0, 0.1) is 0 Å². The molecule has 1 aliphatic rings. The molecule has 2 aromatic rings. The molecule has 0 radical (unpaired) electrons. The number of carbonyl (C=O) groups is 1. The number of aromatic nitrogens is 2. The van der Waals surface area contributed by atoms with E-state index >= 15 is 0 Å². The number of nitrogens with zero attached hydrogens (tertiary/aromatic N) is 3. The zero-order valence-electron chi connectivity index (χ0n) is 11.2. The fraction of sp³-hybridized carbons (Fsp3) is 0.267.